The zero-order valence-corrected chi connectivity index (χ0v) is 13.7. The first-order valence-corrected chi connectivity index (χ1v) is 7.95. The number of hydrogen-bond acceptors (Lipinski definition) is 4. The molecule has 0 saturated carbocycles. The summed E-state index contributed by atoms with van der Waals surface area (Å²) in [6, 6.07) is 15.4. The van der Waals surface area contributed by atoms with Gasteiger partial charge in [-0.05, 0) is 30.4 Å². The molecular formula is C18H12N4O2S. The van der Waals surface area contributed by atoms with Crippen molar-refractivity contribution in [3.05, 3.63) is 66.0 Å². The molecule has 1 saturated heterocycles. The fourth-order valence-corrected chi connectivity index (χ4v) is 2.89. The van der Waals surface area contributed by atoms with Crippen molar-refractivity contribution in [3.8, 4) is 11.4 Å². The SMILES string of the molecule is O=C1NC(=S)NC(=O)C1=Cc1nc(-c2ccccc2)n2ccccc12. The standard InChI is InChI=1S/C18H12N4O2S/c23-16-12(17(24)21-18(25)20-16)10-13-14-8-4-5-9-22(14)15(19-13)11-6-2-1-3-7-11/h1-10H,(H2,20,21,23,24,25). The van der Waals surface area contributed by atoms with Crippen LogP contribution in [0.1, 0.15) is 5.69 Å². The number of hydrogen-bond donors (Lipinski definition) is 2. The van der Waals surface area contributed by atoms with Crippen LogP contribution in [0.15, 0.2) is 60.3 Å². The van der Waals surface area contributed by atoms with Gasteiger partial charge in [0.15, 0.2) is 5.11 Å². The maximum atomic E-state index is 12.1. The van der Waals surface area contributed by atoms with Crippen molar-refractivity contribution < 1.29 is 9.59 Å². The van der Waals surface area contributed by atoms with E-state index in [0.717, 1.165) is 16.9 Å². The summed E-state index contributed by atoms with van der Waals surface area (Å²) in [5.41, 5.74) is 2.24. The van der Waals surface area contributed by atoms with Crippen molar-refractivity contribution in [3.63, 3.8) is 0 Å². The normalized spacial score (nSPS) is 14.4. The monoisotopic (exact) mass is 348 g/mol. The van der Waals surface area contributed by atoms with E-state index in [9.17, 15) is 9.59 Å². The number of carbonyl (C=O) groups excluding carboxylic acids is 2. The Morgan fingerprint density at radius 1 is 0.960 bits per heavy atom. The van der Waals surface area contributed by atoms with Crippen LogP contribution in [0.4, 0.5) is 0 Å². The summed E-state index contributed by atoms with van der Waals surface area (Å²) in [6.07, 6.45) is 3.37. The topological polar surface area (TPSA) is 75.5 Å². The number of benzene rings is 1. The zero-order chi connectivity index (χ0) is 17.4. The minimum atomic E-state index is -0.535. The summed E-state index contributed by atoms with van der Waals surface area (Å²) < 4.78 is 1.92. The number of nitrogens with one attached hydrogen (secondary N) is 2. The van der Waals surface area contributed by atoms with E-state index in [1.165, 1.54) is 6.08 Å². The maximum absolute atomic E-state index is 12.1. The van der Waals surface area contributed by atoms with E-state index in [0.29, 0.717) is 5.69 Å². The maximum Gasteiger partial charge on any atom is 0.263 e. The van der Waals surface area contributed by atoms with E-state index < -0.39 is 11.8 Å². The van der Waals surface area contributed by atoms with Crippen LogP contribution >= 0.6 is 12.2 Å². The Morgan fingerprint density at radius 3 is 2.36 bits per heavy atom. The van der Waals surface area contributed by atoms with E-state index in [1.807, 2.05) is 59.1 Å². The minimum Gasteiger partial charge on any atom is -0.299 e. The zero-order valence-electron chi connectivity index (χ0n) is 12.9. The Bertz CT molecular complexity index is 1030. The Hall–Kier alpha value is -3.32. The van der Waals surface area contributed by atoms with Gasteiger partial charge in [0.2, 0.25) is 0 Å². The minimum absolute atomic E-state index is 0.00632. The number of carbonyl (C=O) groups is 2. The Labute approximate surface area is 148 Å². The highest BCUT2D eigenvalue weighted by Crippen LogP contribution is 2.24. The van der Waals surface area contributed by atoms with Crippen molar-refractivity contribution >= 4 is 40.7 Å². The smallest absolute Gasteiger partial charge is 0.263 e. The molecule has 1 aliphatic heterocycles. The molecule has 4 rings (SSSR count). The predicted octanol–water partition coefficient (Wildman–Crippen LogP) is 1.92. The van der Waals surface area contributed by atoms with Crippen LogP contribution in [0.25, 0.3) is 23.0 Å². The van der Waals surface area contributed by atoms with Gasteiger partial charge in [-0.25, -0.2) is 4.98 Å². The molecule has 0 aliphatic carbocycles. The first kappa shape index (κ1) is 15.2. The molecule has 0 atom stereocenters. The molecule has 1 fully saturated rings. The van der Waals surface area contributed by atoms with Gasteiger partial charge in [0.05, 0.1) is 11.2 Å². The van der Waals surface area contributed by atoms with E-state index >= 15 is 0 Å². The number of thiocarbonyl (C=S) groups is 1. The lowest BCUT2D eigenvalue weighted by molar-refractivity contribution is -0.123. The van der Waals surface area contributed by atoms with Gasteiger partial charge in [0.1, 0.15) is 11.4 Å². The quantitative estimate of drug-likeness (QED) is 0.421. The van der Waals surface area contributed by atoms with Crippen LogP contribution in [0.2, 0.25) is 0 Å². The molecule has 2 aromatic heterocycles. The van der Waals surface area contributed by atoms with Gasteiger partial charge in [-0.3, -0.25) is 24.6 Å². The third kappa shape index (κ3) is 2.70. The average Bonchev–Trinajstić information content (AvgIpc) is 2.98. The van der Waals surface area contributed by atoms with Gasteiger partial charge < -0.3 is 0 Å². The number of pyridine rings is 1. The van der Waals surface area contributed by atoms with Crippen LogP contribution in [-0.2, 0) is 9.59 Å². The summed E-state index contributed by atoms with van der Waals surface area (Å²) in [6.45, 7) is 0. The van der Waals surface area contributed by atoms with Crippen LogP contribution in [0.5, 0.6) is 0 Å². The number of nitrogens with zero attached hydrogens (tertiary/aromatic N) is 2. The Balaban J connectivity index is 1.89. The van der Waals surface area contributed by atoms with E-state index in [2.05, 4.69) is 15.6 Å². The van der Waals surface area contributed by atoms with Crippen LogP contribution in [-0.4, -0.2) is 26.3 Å². The van der Waals surface area contributed by atoms with Crippen molar-refractivity contribution in [1.82, 2.24) is 20.0 Å². The Kier molecular flexibility index (Phi) is 3.62. The summed E-state index contributed by atoms with van der Waals surface area (Å²) in [5.74, 6) is -0.339. The second-order valence-corrected chi connectivity index (χ2v) is 5.85. The van der Waals surface area contributed by atoms with Crippen LogP contribution in [0.3, 0.4) is 0 Å². The molecule has 2 N–H and O–H groups in total. The molecule has 0 spiro atoms. The van der Waals surface area contributed by atoms with Crippen LogP contribution in [0, 0.1) is 0 Å². The summed E-state index contributed by atoms with van der Waals surface area (Å²) in [7, 11) is 0. The lowest BCUT2D eigenvalue weighted by Crippen LogP contribution is -2.51. The molecule has 7 heteroatoms. The van der Waals surface area contributed by atoms with Crippen LogP contribution < -0.4 is 10.6 Å². The molecule has 0 bridgehead atoms. The molecule has 3 aromatic rings. The van der Waals surface area contributed by atoms with E-state index in [-0.39, 0.29) is 10.7 Å². The van der Waals surface area contributed by atoms with E-state index in [4.69, 9.17) is 12.2 Å². The number of amides is 2. The molecule has 1 aromatic carbocycles. The summed E-state index contributed by atoms with van der Waals surface area (Å²) >= 11 is 4.81. The number of imidazole rings is 1. The lowest BCUT2D eigenvalue weighted by Gasteiger charge is -2.15. The van der Waals surface area contributed by atoms with Crippen molar-refractivity contribution in [2.75, 3.05) is 0 Å². The van der Waals surface area contributed by atoms with Gasteiger partial charge in [0, 0.05) is 11.8 Å². The molecule has 6 nitrogen and oxygen atoms in total. The first-order valence-electron chi connectivity index (χ1n) is 7.54. The van der Waals surface area contributed by atoms with Gasteiger partial charge in [-0.1, -0.05) is 36.4 Å². The van der Waals surface area contributed by atoms with Gasteiger partial charge in [-0.15, -0.1) is 0 Å². The third-order valence-electron chi connectivity index (χ3n) is 3.83. The highest BCUT2D eigenvalue weighted by atomic mass is 32.1. The van der Waals surface area contributed by atoms with Crippen molar-refractivity contribution in [2.45, 2.75) is 0 Å². The van der Waals surface area contributed by atoms with Gasteiger partial charge in [-0.2, -0.15) is 0 Å². The number of aromatic nitrogens is 2. The predicted molar refractivity (Wildman–Crippen MR) is 97.5 cm³/mol. The second-order valence-electron chi connectivity index (χ2n) is 5.44. The molecular weight excluding hydrogens is 336 g/mol. The lowest BCUT2D eigenvalue weighted by atomic mass is 10.1. The first-order chi connectivity index (χ1) is 12.1. The molecule has 0 unspecified atom stereocenters. The summed E-state index contributed by atoms with van der Waals surface area (Å²) in [4.78, 5) is 28.8. The molecule has 122 valence electrons. The fourth-order valence-electron chi connectivity index (χ4n) is 2.70. The molecule has 25 heavy (non-hydrogen) atoms. The molecule has 2 amide bonds. The van der Waals surface area contributed by atoms with Crippen molar-refractivity contribution in [2.24, 2.45) is 0 Å². The second kappa shape index (κ2) is 5.95. The average molecular weight is 348 g/mol. The van der Waals surface area contributed by atoms with E-state index in [1.54, 1.807) is 0 Å². The molecule has 0 radical (unpaired) electrons. The van der Waals surface area contributed by atoms with Gasteiger partial charge >= 0.3 is 0 Å². The fraction of sp³-hybridized carbons (Fsp3) is 0. The summed E-state index contributed by atoms with van der Waals surface area (Å²) in [5, 5.41) is 4.85. The molecule has 1 aliphatic rings. The van der Waals surface area contributed by atoms with Gasteiger partial charge in [0.25, 0.3) is 11.8 Å². The van der Waals surface area contributed by atoms with Crippen molar-refractivity contribution in [1.29, 1.82) is 0 Å². The number of fused-ring (bicyclic) bond motifs is 1. The third-order valence-corrected chi connectivity index (χ3v) is 4.04. The highest BCUT2D eigenvalue weighted by Gasteiger charge is 2.26. The largest absolute Gasteiger partial charge is 0.299 e. The highest BCUT2D eigenvalue weighted by molar-refractivity contribution is 7.80. The molecule has 3 heterocycles. The Morgan fingerprint density at radius 2 is 1.64 bits per heavy atom. The number of rotatable bonds is 2.